The molecule has 0 fully saturated rings. The van der Waals surface area contributed by atoms with Crippen LogP contribution in [0.2, 0.25) is 0 Å². The summed E-state index contributed by atoms with van der Waals surface area (Å²) in [6.07, 6.45) is 2.73. The molecule has 0 atom stereocenters. The topological polar surface area (TPSA) is 47.3 Å². The summed E-state index contributed by atoms with van der Waals surface area (Å²) in [5.74, 6) is 0.859. The van der Waals surface area contributed by atoms with E-state index in [-0.39, 0.29) is 0 Å². The van der Waals surface area contributed by atoms with Crippen LogP contribution in [0.1, 0.15) is 11.1 Å². The molecule has 3 N–H and O–H groups in total. The number of hydrogen-bond acceptors (Lipinski definition) is 2. The average molecular weight is 377 g/mol. The summed E-state index contributed by atoms with van der Waals surface area (Å²) in [4.78, 5) is 0. The van der Waals surface area contributed by atoms with E-state index >= 15 is 0 Å². The maximum absolute atomic E-state index is 5.79. The van der Waals surface area contributed by atoms with Gasteiger partial charge >= 0.3 is 0 Å². The van der Waals surface area contributed by atoms with Crippen molar-refractivity contribution in [2.24, 2.45) is 0 Å². The second kappa shape index (κ2) is 10.1. The molecule has 0 saturated carbocycles. The van der Waals surface area contributed by atoms with Crippen LogP contribution in [0.4, 0.5) is 5.69 Å². The number of anilines is 1. The molecular formula is C22H22N3OS+. The molecule has 4 nitrogen and oxygen atoms in total. The first kappa shape index (κ1) is 18.6. The van der Waals surface area contributed by atoms with E-state index in [1.54, 1.807) is 0 Å². The average Bonchev–Trinajstić information content (AvgIpc) is 2.71. The number of nitrogens with one attached hydrogen (secondary N) is 3. The number of hydrazine groups is 1. The van der Waals surface area contributed by atoms with Crippen LogP contribution >= 0.6 is 12.2 Å². The lowest BCUT2D eigenvalue weighted by Crippen LogP contribution is -2.82. The Morgan fingerprint density at radius 3 is 2.26 bits per heavy atom. The molecule has 0 aliphatic rings. The Morgan fingerprint density at radius 1 is 0.889 bits per heavy atom. The highest BCUT2D eigenvalue weighted by Crippen LogP contribution is 2.11. The molecule has 0 bridgehead atoms. The van der Waals surface area contributed by atoms with Crippen molar-refractivity contribution in [2.75, 3.05) is 11.9 Å². The summed E-state index contributed by atoms with van der Waals surface area (Å²) in [6, 6.07) is 28.0. The first-order valence-corrected chi connectivity index (χ1v) is 9.18. The van der Waals surface area contributed by atoms with Crippen LogP contribution in [-0.4, -0.2) is 17.9 Å². The number of thiocarbonyl (C=S) groups is 1. The van der Waals surface area contributed by atoms with Crippen molar-refractivity contribution in [1.29, 1.82) is 0 Å². The fourth-order valence-electron chi connectivity index (χ4n) is 2.46. The zero-order valence-electron chi connectivity index (χ0n) is 14.9. The molecule has 0 aliphatic carbocycles. The number of hydrogen-bond donors (Lipinski definition) is 3. The SMILES string of the molecule is S=C(N[NH+]=Cc1ccc(OCCc2ccccc2)cc1)Nc1ccccc1. The first-order chi connectivity index (χ1) is 13.3. The number of benzene rings is 3. The Balaban J connectivity index is 1.41. The highest BCUT2D eigenvalue weighted by atomic mass is 32.1. The van der Waals surface area contributed by atoms with Gasteiger partial charge in [0.2, 0.25) is 5.11 Å². The fraction of sp³-hybridized carbons (Fsp3) is 0.0909. The van der Waals surface area contributed by atoms with E-state index in [0.717, 1.165) is 23.4 Å². The molecule has 5 heteroatoms. The molecule has 0 heterocycles. The van der Waals surface area contributed by atoms with Gasteiger partial charge in [-0.25, -0.2) is 0 Å². The molecule has 3 aromatic carbocycles. The zero-order chi connectivity index (χ0) is 18.7. The van der Waals surface area contributed by atoms with Gasteiger partial charge in [0.1, 0.15) is 5.75 Å². The molecule has 27 heavy (non-hydrogen) atoms. The van der Waals surface area contributed by atoms with Gasteiger partial charge in [0.15, 0.2) is 6.21 Å². The van der Waals surface area contributed by atoms with E-state index in [4.69, 9.17) is 17.0 Å². The molecule has 0 amide bonds. The summed E-state index contributed by atoms with van der Waals surface area (Å²) in [5.41, 5.74) is 6.16. The van der Waals surface area contributed by atoms with E-state index in [1.807, 2.05) is 79.0 Å². The summed E-state index contributed by atoms with van der Waals surface area (Å²) >= 11 is 5.24. The maximum Gasteiger partial charge on any atom is 0.228 e. The minimum atomic E-state index is 0.498. The molecule has 0 spiro atoms. The van der Waals surface area contributed by atoms with Crippen LogP contribution < -0.4 is 20.6 Å². The third-order valence-electron chi connectivity index (χ3n) is 3.84. The summed E-state index contributed by atoms with van der Waals surface area (Å²) < 4.78 is 5.79. The van der Waals surface area contributed by atoms with Crippen molar-refractivity contribution in [1.82, 2.24) is 5.43 Å². The largest absolute Gasteiger partial charge is 0.493 e. The van der Waals surface area contributed by atoms with Crippen molar-refractivity contribution in [2.45, 2.75) is 6.42 Å². The highest BCUT2D eigenvalue weighted by Gasteiger charge is 1.99. The van der Waals surface area contributed by atoms with E-state index in [2.05, 4.69) is 28.0 Å². The smallest absolute Gasteiger partial charge is 0.228 e. The molecule has 0 aromatic heterocycles. The van der Waals surface area contributed by atoms with Crippen molar-refractivity contribution >= 4 is 29.2 Å². The highest BCUT2D eigenvalue weighted by molar-refractivity contribution is 7.80. The van der Waals surface area contributed by atoms with Gasteiger partial charge < -0.3 is 10.1 Å². The van der Waals surface area contributed by atoms with E-state index in [9.17, 15) is 0 Å². The fourth-order valence-corrected chi connectivity index (χ4v) is 2.64. The van der Waals surface area contributed by atoms with Crippen LogP contribution in [0.15, 0.2) is 84.9 Å². The third-order valence-corrected chi connectivity index (χ3v) is 4.04. The minimum absolute atomic E-state index is 0.498. The Kier molecular flexibility index (Phi) is 6.95. The van der Waals surface area contributed by atoms with Gasteiger partial charge in [-0.3, -0.25) is 0 Å². The third kappa shape index (κ3) is 6.56. The van der Waals surface area contributed by atoms with Crippen LogP contribution in [0.5, 0.6) is 5.75 Å². The van der Waals surface area contributed by atoms with Gasteiger partial charge in [-0.2, -0.15) is 0 Å². The lowest BCUT2D eigenvalue weighted by Gasteiger charge is -2.06. The second-order valence-corrected chi connectivity index (χ2v) is 6.30. The molecule has 0 saturated heterocycles. The Bertz CT molecular complexity index is 865. The van der Waals surface area contributed by atoms with Gasteiger partial charge in [0.05, 0.1) is 6.61 Å². The standard InChI is InChI=1S/C22H21N3OS/c27-22(24-20-9-5-2-6-10-20)25-23-17-19-11-13-21(14-12-19)26-16-15-18-7-3-1-4-8-18/h1-14,17H,15-16H2,(H2,24,25,27)/p+1. The number of hydrazone groups is 1. The second-order valence-electron chi connectivity index (χ2n) is 5.89. The molecule has 0 radical (unpaired) electrons. The van der Waals surface area contributed by atoms with Gasteiger partial charge in [0, 0.05) is 17.7 Å². The lowest BCUT2D eigenvalue weighted by molar-refractivity contribution is -0.499. The predicted molar refractivity (Wildman–Crippen MR) is 114 cm³/mol. The van der Waals surface area contributed by atoms with Crippen LogP contribution in [-0.2, 0) is 6.42 Å². The van der Waals surface area contributed by atoms with Crippen molar-refractivity contribution in [3.8, 4) is 5.75 Å². The van der Waals surface area contributed by atoms with Crippen LogP contribution in [0.25, 0.3) is 0 Å². The van der Waals surface area contributed by atoms with Gasteiger partial charge in [-0.1, -0.05) is 48.5 Å². The number of para-hydroxylation sites is 1. The predicted octanol–water partition coefficient (Wildman–Crippen LogP) is 2.71. The molecule has 3 rings (SSSR count). The lowest BCUT2D eigenvalue weighted by atomic mass is 10.2. The molecule has 0 aliphatic heterocycles. The minimum Gasteiger partial charge on any atom is -0.493 e. The van der Waals surface area contributed by atoms with Gasteiger partial charge in [-0.15, -0.1) is 10.5 Å². The van der Waals surface area contributed by atoms with Crippen LogP contribution in [0, 0.1) is 0 Å². The molecule has 0 unspecified atom stereocenters. The van der Waals surface area contributed by atoms with E-state index in [0.29, 0.717) is 11.7 Å². The summed E-state index contributed by atoms with van der Waals surface area (Å²) in [7, 11) is 0. The molecule has 136 valence electrons. The van der Waals surface area contributed by atoms with E-state index < -0.39 is 0 Å². The zero-order valence-corrected chi connectivity index (χ0v) is 15.7. The van der Waals surface area contributed by atoms with Gasteiger partial charge in [0.25, 0.3) is 0 Å². The maximum atomic E-state index is 5.79. The van der Waals surface area contributed by atoms with Crippen molar-refractivity contribution in [3.05, 3.63) is 96.1 Å². The Morgan fingerprint density at radius 2 is 1.56 bits per heavy atom. The van der Waals surface area contributed by atoms with Crippen molar-refractivity contribution < 1.29 is 9.84 Å². The van der Waals surface area contributed by atoms with Crippen molar-refractivity contribution in [3.63, 3.8) is 0 Å². The first-order valence-electron chi connectivity index (χ1n) is 8.77. The molecular weight excluding hydrogens is 354 g/mol. The Hall–Kier alpha value is -3.18. The quantitative estimate of drug-likeness (QED) is 0.337. The van der Waals surface area contributed by atoms with Crippen LogP contribution in [0.3, 0.4) is 0 Å². The number of rotatable bonds is 7. The van der Waals surface area contributed by atoms with Gasteiger partial charge in [-0.05, 0) is 54.2 Å². The van der Waals surface area contributed by atoms with E-state index in [1.165, 1.54) is 5.56 Å². The monoisotopic (exact) mass is 376 g/mol. The number of ether oxygens (including phenoxy) is 1. The Labute approximate surface area is 164 Å². The normalized spacial score (nSPS) is 10.5. The summed E-state index contributed by atoms with van der Waals surface area (Å²) in [5, 5.41) is 6.58. The molecule has 3 aromatic rings. The summed E-state index contributed by atoms with van der Waals surface area (Å²) in [6.45, 7) is 0.659.